The van der Waals surface area contributed by atoms with Crippen molar-refractivity contribution in [3.8, 4) is 17.3 Å². The summed E-state index contributed by atoms with van der Waals surface area (Å²) in [6.07, 6.45) is -2.73. The first kappa shape index (κ1) is 25.8. The second-order valence-electron chi connectivity index (χ2n) is 10.0. The van der Waals surface area contributed by atoms with E-state index in [2.05, 4.69) is 16.3 Å². The van der Waals surface area contributed by atoms with Crippen molar-refractivity contribution >= 4 is 6.03 Å². The summed E-state index contributed by atoms with van der Waals surface area (Å²) in [5, 5.41) is 16.5. The lowest BCUT2D eigenvalue weighted by Gasteiger charge is -2.41. The van der Waals surface area contributed by atoms with Gasteiger partial charge in [0.1, 0.15) is 5.82 Å². The Morgan fingerprint density at radius 2 is 1.74 bits per heavy atom. The molecule has 0 spiro atoms. The van der Waals surface area contributed by atoms with E-state index in [4.69, 9.17) is 0 Å². The Morgan fingerprint density at radius 3 is 2.45 bits per heavy atom. The number of hydrogen-bond acceptors (Lipinski definition) is 3. The SMILES string of the molecule is N#CC1CCN(C(=O)N2CC(c3cccc(C(F)(F)F)c3)CC(c3cc(-c4cccc(F)c4)n[nH]3)C2)CC1. The Labute approximate surface area is 217 Å². The molecular formula is C28H27F4N5O. The summed E-state index contributed by atoms with van der Waals surface area (Å²) >= 11 is 0. The van der Waals surface area contributed by atoms with E-state index < -0.39 is 11.7 Å². The highest BCUT2D eigenvalue weighted by atomic mass is 19.4. The number of aromatic nitrogens is 2. The van der Waals surface area contributed by atoms with Crippen LogP contribution in [0.3, 0.4) is 0 Å². The van der Waals surface area contributed by atoms with Crippen LogP contribution in [-0.4, -0.2) is 52.2 Å². The standard InChI is InChI=1S/C28H27F4N5O/c29-24-6-2-4-20(13-24)25-14-26(35-34-25)22-11-21(19-3-1-5-23(12-19)28(30,31)32)16-37(17-22)27(38)36-9-7-18(15-33)8-10-36/h1-6,12-14,18,21-22H,7-11,16-17H2,(H,34,35). The quantitative estimate of drug-likeness (QED) is 0.416. The largest absolute Gasteiger partial charge is 0.416 e. The van der Waals surface area contributed by atoms with Crippen LogP contribution < -0.4 is 0 Å². The molecule has 2 saturated heterocycles. The van der Waals surface area contributed by atoms with Gasteiger partial charge in [0, 0.05) is 55.2 Å². The summed E-state index contributed by atoms with van der Waals surface area (Å²) < 4.78 is 54.1. The molecule has 0 aliphatic carbocycles. The van der Waals surface area contributed by atoms with Gasteiger partial charge in [-0.15, -0.1) is 0 Å². The number of nitriles is 1. The smallest absolute Gasteiger partial charge is 0.325 e. The van der Waals surface area contributed by atoms with E-state index >= 15 is 0 Å². The van der Waals surface area contributed by atoms with Crippen LogP contribution in [0.4, 0.5) is 22.4 Å². The molecule has 6 nitrogen and oxygen atoms in total. The molecule has 5 rings (SSSR count). The van der Waals surface area contributed by atoms with Crippen LogP contribution in [0.15, 0.2) is 54.6 Å². The maximum atomic E-state index is 13.7. The number of aromatic amines is 1. The highest BCUT2D eigenvalue weighted by Gasteiger charge is 2.37. The Hall–Kier alpha value is -3.87. The molecule has 2 aliphatic heterocycles. The van der Waals surface area contributed by atoms with Gasteiger partial charge >= 0.3 is 12.2 Å². The van der Waals surface area contributed by atoms with Crippen molar-refractivity contribution in [3.05, 3.63) is 77.2 Å². The molecule has 2 atom stereocenters. The molecule has 3 aromatic rings. The molecule has 0 saturated carbocycles. The number of hydrogen-bond donors (Lipinski definition) is 1. The van der Waals surface area contributed by atoms with Gasteiger partial charge in [-0.25, -0.2) is 9.18 Å². The molecular weight excluding hydrogens is 498 g/mol. The molecule has 1 aromatic heterocycles. The van der Waals surface area contributed by atoms with E-state index in [1.165, 1.54) is 24.3 Å². The van der Waals surface area contributed by atoms with E-state index in [0.29, 0.717) is 62.3 Å². The van der Waals surface area contributed by atoms with Crippen molar-refractivity contribution in [2.45, 2.75) is 37.3 Å². The molecule has 2 amide bonds. The van der Waals surface area contributed by atoms with Gasteiger partial charge < -0.3 is 9.80 Å². The van der Waals surface area contributed by atoms with E-state index in [0.717, 1.165) is 11.8 Å². The molecule has 2 fully saturated rings. The first-order chi connectivity index (χ1) is 18.2. The molecule has 3 heterocycles. The van der Waals surface area contributed by atoms with Gasteiger partial charge in [-0.3, -0.25) is 5.10 Å². The first-order valence-corrected chi connectivity index (χ1v) is 12.6. The summed E-state index contributed by atoms with van der Waals surface area (Å²) in [7, 11) is 0. The van der Waals surface area contributed by atoms with Crippen LogP contribution in [0.2, 0.25) is 0 Å². The normalized spacial score (nSPS) is 20.8. The number of H-pyrrole nitrogens is 1. The third-order valence-electron chi connectivity index (χ3n) is 7.51. The first-order valence-electron chi connectivity index (χ1n) is 12.6. The lowest BCUT2D eigenvalue weighted by Crippen LogP contribution is -2.51. The average Bonchev–Trinajstić information content (AvgIpc) is 3.43. The maximum Gasteiger partial charge on any atom is 0.416 e. The monoisotopic (exact) mass is 525 g/mol. The minimum Gasteiger partial charge on any atom is -0.325 e. The Morgan fingerprint density at radius 1 is 1.00 bits per heavy atom. The van der Waals surface area contributed by atoms with E-state index in [9.17, 15) is 27.6 Å². The lowest BCUT2D eigenvalue weighted by molar-refractivity contribution is -0.137. The topological polar surface area (TPSA) is 76.0 Å². The zero-order valence-corrected chi connectivity index (χ0v) is 20.6. The van der Waals surface area contributed by atoms with Crippen molar-refractivity contribution in [1.82, 2.24) is 20.0 Å². The van der Waals surface area contributed by atoms with Crippen molar-refractivity contribution in [2.24, 2.45) is 5.92 Å². The number of urea groups is 1. The lowest BCUT2D eigenvalue weighted by atomic mass is 9.82. The zero-order chi connectivity index (χ0) is 26.9. The third-order valence-corrected chi connectivity index (χ3v) is 7.51. The number of nitrogens with zero attached hydrogens (tertiary/aromatic N) is 4. The fourth-order valence-electron chi connectivity index (χ4n) is 5.43. The number of carbonyl (C=O) groups is 1. The molecule has 198 valence electrons. The van der Waals surface area contributed by atoms with Crippen LogP contribution in [0.1, 0.15) is 47.9 Å². The van der Waals surface area contributed by atoms with Crippen LogP contribution in [0.25, 0.3) is 11.3 Å². The number of amides is 2. The summed E-state index contributed by atoms with van der Waals surface area (Å²) in [4.78, 5) is 16.9. The zero-order valence-electron chi connectivity index (χ0n) is 20.6. The number of likely N-dealkylation sites (tertiary alicyclic amines) is 2. The molecule has 38 heavy (non-hydrogen) atoms. The summed E-state index contributed by atoms with van der Waals surface area (Å²) in [6.45, 7) is 1.61. The second-order valence-corrected chi connectivity index (χ2v) is 10.0. The number of halogens is 4. The number of alkyl halides is 3. The summed E-state index contributed by atoms with van der Waals surface area (Å²) in [5.74, 6) is -0.986. The Bertz CT molecular complexity index is 1340. The van der Waals surface area contributed by atoms with Gasteiger partial charge in [0.2, 0.25) is 0 Å². The minimum absolute atomic E-state index is 0.0720. The molecule has 2 unspecified atom stereocenters. The predicted molar refractivity (Wildman–Crippen MR) is 132 cm³/mol. The molecule has 0 radical (unpaired) electrons. The predicted octanol–water partition coefficient (Wildman–Crippen LogP) is 6.16. The number of piperidine rings is 2. The second kappa shape index (κ2) is 10.5. The molecule has 2 aromatic carbocycles. The molecule has 2 aliphatic rings. The van der Waals surface area contributed by atoms with Gasteiger partial charge in [-0.2, -0.15) is 23.5 Å². The minimum atomic E-state index is -4.46. The van der Waals surface area contributed by atoms with Crippen molar-refractivity contribution in [3.63, 3.8) is 0 Å². The van der Waals surface area contributed by atoms with Crippen molar-refractivity contribution in [2.75, 3.05) is 26.2 Å². The van der Waals surface area contributed by atoms with Gasteiger partial charge in [-0.1, -0.05) is 30.3 Å². The van der Waals surface area contributed by atoms with Crippen molar-refractivity contribution < 1.29 is 22.4 Å². The Balaban J connectivity index is 1.43. The summed E-state index contributed by atoms with van der Waals surface area (Å²) in [5.41, 5.74) is 1.70. The van der Waals surface area contributed by atoms with E-state index in [-0.39, 0.29) is 29.6 Å². The average molecular weight is 526 g/mol. The van der Waals surface area contributed by atoms with Gasteiger partial charge in [-0.05, 0) is 49.1 Å². The van der Waals surface area contributed by atoms with Crippen LogP contribution >= 0.6 is 0 Å². The highest BCUT2D eigenvalue weighted by Crippen LogP contribution is 2.39. The van der Waals surface area contributed by atoms with Crippen LogP contribution in [0.5, 0.6) is 0 Å². The van der Waals surface area contributed by atoms with E-state index in [1.807, 2.05) is 6.07 Å². The number of nitrogens with one attached hydrogen (secondary N) is 1. The van der Waals surface area contributed by atoms with Gasteiger partial charge in [0.15, 0.2) is 0 Å². The van der Waals surface area contributed by atoms with Gasteiger partial charge in [0.05, 0.1) is 17.3 Å². The fourth-order valence-corrected chi connectivity index (χ4v) is 5.43. The summed E-state index contributed by atoms with van der Waals surface area (Å²) in [6, 6.07) is 15.3. The number of benzene rings is 2. The fraction of sp³-hybridized carbons (Fsp3) is 0.393. The number of carbonyl (C=O) groups excluding carboxylic acids is 1. The van der Waals surface area contributed by atoms with Gasteiger partial charge in [0.25, 0.3) is 0 Å². The number of rotatable bonds is 3. The molecule has 10 heteroatoms. The molecule has 1 N–H and O–H groups in total. The van der Waals surface area contributed by atoms with Crippen LogP contribution in [0, 0.1) is 23.1 Å². The molecule has 0 bridgehead atoms. The maximum absolute atomic E-state index is 13.7. The van der Waals surface area contributed by atoms with Crippen molar-refractivity contribution in [1.29, 1.82) is 5.26 Å². The third kappa shape index (κ3) is 5.52. The van der Waals surface area contributed by atoms with E-state index in [1.54, 1.807) is 28.0 Å². The van der Waals surface area contributed by atoms with Crippen LogP contribution in [-0.2, 0) is 6.18 Å². The highest BCUT2D eigenvalue weighted by molar-refractivity contribution is 5.75. The Kier molecular flexibility index (Phi) is 7.11.